The zero-order valence-corrected chi connectivity index (χ0v) is 13.7. The second kappa shape index (κ2) is 6.29. The van der Waals surface area contributed by atoms with E-state index < -0.39 is 6.10 Å². The fourth-order valence-electron chi connectivity index (χ4n) is 3.68. The Hall–Kier alpha value is -1.55. The predicted octanol–water partition coefficient (Wildman–Crippen LogP) is 2.50. The highest BCUT2D eigenvalue weighted by molar-refractivity contribution is 5.81. The van der Waals surface area contributed by atoms with E-state index in [1.54, 1.807) is 0 Å². The standard InChI is InChI=1S/C18H26N2O2/c1-12-4-8-17(9-5-12)22-13(2)18(21)20(3)16-10-14-6-7-15(11-16)19-14/h4-5,8-9,13-16,19H,6-7,10-11H2,1-3H3. The summed E-state index contributed by atoms with van der Waals surface area (Å²) in [6.45, 7) is 3.88. The molecule has 1 amide bonds. The quantitative estimate of drug-likeness (QED) is 0.929. The lowest BCUT2D eigenvalue weighted by Gasteiger charge is -2.36. The molecule has 120 valence electrons. The summed E-state index contributed by atoms with van der Waals surface area (Å²) in [7, 11) is 1.92. The molecule has 2 heterocycles. The van der Waals surface area contributed by atoms with Crippen LogP contribution in [-0.2, 0) is 4.79 Å². The minimum atomic E-state index is -0.444. The van der Waals surface area contributed by atoms with Crippen LogP contribution in [0.3, 0.4) is 0 Å². The Balaban J connectivity index is 1.58. The summed E-state index contributed by atoms with van der Waals surface area (Å²) in [6, 6.07) is 9.37. The van der Waals surface area contributed by atoms with Gasteiger partial charge in [-0.15, -0.1) is 0 Å². The van der Waals surface area contributed by atoms with Crippen molar-refractivity contribution in [2.45, 2.75) is 63.8 Å². The first-order valence-corrected chi connectivity index (χ1v) is 8.29. The molecule has 1 aromatic carbocycles. The Bertz CT molecular complexity index is 516. The molecule has 4 nitrogen and oxygen atoms in total. The van der Waals surface area contributed by atoms with Crippen molar-refractivity contribution < 1.29 is 9.53 Å². The van der Waals surface area contributed by atoms with E-state index in [-0.39, 0.29) is 5.91 Å². The first-order valence-electron chi connectivity index (χ1n) is 8.29. The molecule has 2 bridgehead atoms. The average molecular weight is 302 g/mol. The zero-order chi connectivity index (χ0) is 15.7. The van der Waals surface area contributed by atoms with Gasteiger partial charge in [-0.2, -0.15) is 0 Å². The molecule has 22 heavy (non-hydrogen) atoms. The third-order valence-electron chi connectivity index (χ3n) is 5.03. The van der Waals surface area contributed by atoms with E-state index in [1.165, 1.54) is 18.4 Å². The summed E-state index contributed by atoms with van der Waals surface area (Å²) in [4.78, 5) is 14.5. The smallest absolute Gasteiger partial charge is 0.263 e. The topological polar surface area (TPSA) is 41.6 Å². The number of nitrogens with one attached hydrogen (secondary N) is 1. The van der Waals surface area contributed by atoms with Crippen molar-refractivity contribution in [2.75, 3.05) is 7.05 Å². The maximum absolute atomic E-state index is 12.6. The first-order chi connectivity index (χ1) is 10.5. The monoisotopic (exact) mass is 302 g/mol. The number of carbonyl (C=O) groups excluding carboxylic acids is 1. The summed E-state index contributed by atoms with van der Waals surface area (Å²) in [5.41, 5.74) is 1.19. The van der Waals surface area contributed by atoms with Gasteiger partial charge >= 0.3 is 0 Å². The van der Waals surface area contributed by atoms with E-state index in [0.29, 0.717) is 18.1 Å². The Kier molecular flexibility index (Phi) is 4.39. The number of carbonyl (C=O) groups is 1. The Morgan fingerprint density at radius 3 is 2.41 bits per heavy atom. The van der Waals surface area contributed by atoms with Gasteiger partial charge in [0.05, 0.1) is 0 Å². The molecular formula is C18H26N2O2. The van der Waals surface area contributed by atoms with Crippen molar-refractivity contribution in [3.8, 4) is 5.75 Å². The zero-order valence-electron chi connectivity index (χ0n) is 13.7. The third kappa shape index (κ3) is 3.27. The van der Waals surface area contributed by atoms with Crippen LogP contribution in [0.15, 0.2) is 24.3 Å². The lowest BCUT2D eigenvalue weighted by molar-refractivity contribution is -0.139. The van der Waals surface area contributed by atoms with Crippen LogP contribution in [-0.4, -0.2) is 42.1 Å². The van der Waals surface area contributed by atoms with Gasteiger partial charge in [-0.25, -0.2) is 0 Å². The number of benzene rings is 1. The minimum absolute atomic E-state index is 0.0758. The van der Waals surface area contributed by atoms with E-state index in [2.05, 4.69) is 5.32 Å². The molecule has 3 atom stereocenters. The molecule has 2 aliphatic heterocycles. The van der Waals surface area contributed by atoms with Gasteiger partial charge in [-0.3, -0.25) is 4.79 Å². The molecule has 1 N–H and O–H groups in total. The SMILES string of the molecule is Cc1ccc(OC(C)C(=O)N(C)C2CC3CCC(C2)N3)cc1. The van der Waals surface area contributed by atoms with E-state index in [9.17, 15) is 4.79 Å². The van der Waals surface area contributed by atoms with Gasteiger partial charge in [0.1, 0.15) is 5.75 Å². The molecule has 0 spiro atoms. The van der Waals surface area contributed by atoms with E-state index in [4.69, 9.17) is 4.74 Å². The van der Waals surface area contributed by atoms with Crippen molar-refractivity contribution in [2.24, 2.45) is 0 Å². The van der Waals surface area contributed by atoms with Crippen molar-refractivity contribution in [1.82, 2.24) is 10.2 Å². The van der Waals surface area contributed by atoms with E-state index >= 15 is 0 Å². The third-order valence-corrected chi connectivity index (χ3v) is 5.03. The summed E-state index contributed by atoms with van der Waals surface area (Å²) in [5, 5.41) is 3.62. The predicted molar refractivity (Wildman–Crippen MR) is 87.0 cm³/mol. The molecule has 0 radical (unpaired) electrons. The summed E-state index contributed by atoms with van der Waals surface area (Å²) in [5.74, 6) is 0.831. The fourth-order valence-corrected chi connectivity index (χ4v) is 3.68. The summed E-state index contributed by atoms with van der Waals surface area (Å²) in [6.07, 6.45) is 4.18. The van der Waals surface area contributed by atoms with Crippen LogP contribution in [0.25, 0.3) is 0 Å². The second-order valence-electron chi connectivity index (χ2n) is 6.79. The molecule has 1 aromatic rings. The van der Waals surface area contributed by atoms with Gasteiger partial charge in [0.2, 0.25) is 0 Å². The Labute approximate surface area is 132 Å². The number of piperidine rings is 1. The van der Waals surface area contributed by atoms with Crippen LogP contribution >= 0.6 is 0 Å². The molecule has 2 aliphatic rings. The number of nitrogens with zero attached hydrogens (tertiary/aromatic N) is 1. The maximum atomic E-state index is 12.6. The normalized spacial score (nSPS) is 28.2. The Morgan fingerprint density at radius 1 is 1.23 bits per heavy atom. The number of likely N-dealkylation sites (N-methyl/N-ethyl adjacent to an activating group) is 1. The number of ether oxygens (including phenoxy) is 1. The van der Waals surface area contributed by atoms with Crippen LogP contribution < -0.4 is 10.1 Å². The largest absolute Gasteiger partial charge is 0.481 e. The molecular weight excluding hydrogens is 276 g/mol. The van der Waals surface area contributed by atoms with Crippen molar-refractivity contribution in [3.05, 3.63) is 29.8 Å². The first kappa shape index (κ1) is 15.3. The lowest BCUT2D eigenvalue weighted by atomic mass is 9.98. The average Bonchev–Trinajstić information content (AvgIpc) is 2.86. The molecule has 2 fully saturated rings. The Morgan fingerprint density at radius 2 is 1.82 bits per heavy atom. The maximum Gasteiger partial charge on any atom is 0.263 e. The van der Waals surface area contributed by atoms with E-state index in [1.807, 2.05) is 50.1 Å². The van der Waals surface area contributed by atoms with Crippen LogP contribution in [0.2, 0.25) is 0 Å². The molecule has 0 saturated carbocycles. The van der Waals surface area contributed by atoms with Gasteiger partial charge in [0.25, 0.3) is 5.91 Å². The summed E-state index contributed by atoms with van der Waals surface area (Å²) >= 11 is 0. The molecule has 3 rings (SSSR count). The van der Waals surface area contributed by atoms with Crippen molar-refractivity contribution in [1.29, 1.82) is 0 Å². The van der Waals surface area contributed by atoms with E-state index in [0.717, 1.165) is 18.6 Å². The fraction of sp³-hybridized carbons (Fsp3) is 0.611. The highest BCUT2D eigenvalue weighted by Gasteiger charge is 2.37. The van der Waals surface area contributed by atoms with Crippen LogP contribution in [0.4, 0.5) is 0 Å². The van der Waals surface area contributed by atoms with Gasteiger partial charge in [0, 0.05) is 25.2 Å². The van der Waals surface area contributed by atoms with Crippen molar-refractivity contribution in [3.63, 3.8) is 0 Å². The number of amides is 1. The van der Waals surface area contributed by atoms with Gasteiger partial charge in [-0.1, -0.05) is 17.7 Å². The number of hydrogen-bond donors (Lipinski definition) is 1. The molecule has 4 heteroatoms. The van der Waals surface area contributed by atoms with Crippen molar-refractivity contribution >= 4 is 5.91 Å². The molecule has 2 saturated heterocycles. The van der Waals surface area contributed by atoms with Crippen LogP contribution in [0.5, 0.6) is 5.75 Å². The lowest BCUT2D eigenvalue weighted by Crippen LogP contribution is -2.51. The van der Waals surface area contributed by atoms with Crippen LogP contribution in [0, 0.1) is 6.92 Å². The highest BCUT2D eigenvalue weighted by Crippen LogP contribution is 2.29. The number of fused-ring (bicyclic) bond motifs is 2. The van der Waals surface area contributed by atoms with Gasteiger partial charge in [-0.05, 0) is 51.7 Å². The summed E-state index contributed by atoms with van der Waals surface area (Å²) < 4.78 is 5.81. The highest BCUT2D eigenvalue weighted by atomic mass is 16.5. The molecule has 0 aliphatic carbocycles. The number of hydrogen-bond acceptors (Lipinski definition) is 3. The number of aryl methyl sites for hydroxylation is 1. The van der Waals surface area contributed by atoms with Crippen LogP contribution in [0.1, 0.15) is 38.2 Å². The number of rotatable bonds is 4. The van der Waals surface area contributed by atoms with Gasteiger partial charge < -0.3 is 15.0 Å². The second-order valence-corrected chi connectivity index (χ2v) is 6.79. The minimum Gasteiger partial charge on any atom is -0.481 e. The van der Waals surface area contributed by atoms with Gasteiger partial charge in [0.15, 0.2) is 6.10 Å². The molecule has 3 unspecified atom stereocenters. The molecule has 0 aromatic heterocycles.